The van der Waals surface area contributed by atoms with Crippen LogP contribution in [0.15, 0.2) is 14.4 Å². The summed E-state index contributed by atoms with van der Waals surface area (Å²) in [6.45, 7) is 0. The smallest absolute Gasteiger partial charge is 0.338 e. The van der Waals surface area contributed by atoms with Gasteiger partial charge in [0.1, 0.15) is 6.10 Å². The Labute approximate surface area is 110 Å². The van der Waals surface area contributed by atoms with Gasteiger partial charge in [-0.05, 0) is 6.04 Å². The molecule has 1 aromatic heterocycles. The number of aromatic nitrogens is 3. The summed E-state index contributed by atoms with van der Waals surface area (Å²) in [5.41, 5.74) is -2.77. The minimum absolute atomic E-state index is 0.545. The molecule has 1 heterocycles. The van der Waals surface area contributed by atoms with E-state index < -0.39 is 29.1 Å². The van der Waals surface area contributed by atoms with Gasteiger partial charge in [-0.1, -0.05) is 0 Å². The Kier molecular flexibility index (Phi) is 5.00. The lowest BCUT2D eigenvalue weighted by atomic mass is 10.3. The molecular weight excluding hydrogens is 274 g/mol. The van der Waals surface area contributed by atoms with Crippen LogP contribution in [-0.4, -0.2) is 52.2 Å². The van der Waals surface area contributed by atoms with Gasteiger partial charge < -0.3 is 14.2 Å². The van der Waals surface area contributed by atoms with Crippen LogP contribution in [0.1, 0.15) is 0 Å². The van der Waals surface area contributed by atoms with Crippen LogP contribution in [0, 0.1) is 0 Å². The lowest BCUT2D eigenvalue weighted by Gasteiger charge is -2.36. The summed E-state index contributed by atoms with van der Waals surface area (Å²) in [5, 5.41) is 0. The molecule has 10 heteroatoms. The first-order valence-corrected chi connectivity index (χ1v) is 6.97. The highest BCUT2D eigenvalue weighted by atomic mass is 28.1. The van der Waals surface area contributed by atoms with Crippen molar-refractivity contribution in [3.05, 3.63) is 31.5 Å². The first-order chi connectivity index (χ1) is 8.96. The first-order valence-electron chi connectivity index (χ1n) is 5.56. The summed E-state index contributed by atoms with van der Waals surface area (Å²) < 4.78 is 16.3. The van der Waals surface area contributed by atoms with Gasteiger partial charge in [0, 0.05) is 31.6 Å². The first kappa shape index (κ1) is 15.6. The van der Waals surface area contributed by atoms with Gasteiger partial charge in [0.25, 0.3) is 5.91 Å². The van der Waals surface area contributed by atoms with Gasteiger partial charge in [-0.15, -0.1) is 0 Å². The molecule has 0 saturated carbocycles. The van der Waals surface area contributed by atoms with Crippen LogP contribution in [0.2, 0.25) is 6.04 Å². The van der Waals surface area contributed by atoms with E-state index in [1.165, 1.54) is 21.3 Å². The number of hydrogen-bond donors (Lipinski definition) is 2. The Morgan fingerprint density at radius 2 is 1.63 bits per heavy atom. The van der Waals surface area contributed by atoms with E-state index in [1.54, 1.807) is 0 Å². The van der Waals surface area contributed by atoms with E-state index in [2.05, 4.69) is 0 Å². The van der Waals surface area contributed by atoms with Crippen LogP contribution in [0.4, 0.5) is 0 Å². The molecule has 9 nitrogen and oxygen atoms in total. The highest BCUT2D eigenvalue weighted by molar-refractivity contribution is 6.08. The summed E-state index contributed by atoms with van der Waals surface area (Å²) in [4.78, 5) is 38.6. The van der Waals surface area contributed by atoms with Crippen LogP contribution in [-0.2, 0) is 20.1 Å². The number of rotatable bonds is 6. The fraction of sp³-hybridized carbons (Fsp3) is 0.667. The largest absolute Gasteiger partial charge is 0.374 e. The summed E-state index contributed by atoms with van der Waals surface area (Å²) in [6, 6.07) is 0.545. The molecular formula is C9H17N3O6Si. The molecule has 0 amide bonds. The zero-order chi connectivity index (χ0) is 14.6. The van der Waals surface area contributed by atoms with Gasteiger partial charge >= 0.3 is 17.1 Å². The molecule has 1 atom stereocenters. The van der Waals surface area contributed by atoms with E-state index in [4.69, 9.17) is 14.2 Å². The minimum Gasteiger partial charge on any atom is -0.374 e. The predicted molar refractivity (Wildman–Crippen MR) is 69.5 cm³/mol. The predicted octanol–water partition coefficient (Wildman–Crippen LogP) is -3.07. The van der Waals surface area contributed by atoms with Crippen LogP contribution < -0.4 is 17.1 Å². The van der Waals surface area contributed by atoms with E-state index >= 15 is 0 Å². The van der Waals surface area contributed by atoms with Crippen LogP contribution in [0.5, 0.6) is 0 Å². The molecule has 0 aromatic carbocycles. The highest BCUT2D eigenvalue weighted by Crippen LogP contribution is 2.24. The molecule has 2 N–H and O–H groups in total. The van der Waals surface area contributed by atoms with Crippen molar-refractivity contribution < 1.29 is 14.2 Å². The van der Waals surface area contributed by atoms with Crippen LogP contribution in [0.3, 0.4) is 0 Å². The lowest BCUT2D eigenvalue weighted by molar-refractivity contribution is -0.319. The highest BCUT2D eigenvalue weighted by Gasteiger charge is 2.44. The molecule has 0 aliphatic carbocycles. The standard InChI is InChI=1S/C9H17N3O6Si/c1-16-5(4-19)9(17-2,18-3)12-7(14)10-6(13)11-8(12)15/h5H,4H2,1-3,19H3,(H2,10,11,13,14,15). The fourth-order valence-electron chi connectivity index (χ4n) is 1.96. The summed E-state index contributed by atoms with van der Waals surface area (Å²) in [6.07, 6.45) is -0.668. The van der Waals surface area contributed by atoms with Crippen LogP contribution >= 0.6 is 0 Å². The number of aromatic amines is 2. The second-order valence-corrected chi connectivity index (χ2v) is 4.51. The van der Waals surface area contributed by atoms with Crippen molar-refractivity contribution in [2.75, 3.05) is 21.3 Å². The molecule has 1 unspecified atom stereocenters. The molecule has 0 aliphatic heterocycles. The van der Waals surface area contributed by atoms with Crippen molar-refractivity contribution in [1.29, 1.82) is 0 Å². The van der Waals surface area contributed by atoms with E-state index in [1.807, 2.05) is 9.97 Å². The number of nitrogens with one attached hydrogen (secondary N) is 2. The maximum atomic E-state index is 11.8. The third-order valence-electron chi connectivity index (χ3n) is 2.81. The molecule has 0 saturated heterocycles. The molecule has 19 heavy (non-hydrogen) atoms. The van der Waals surface area contributed by atoms with Crippen molar-refractivity contribution >= 4 is 10.2 Å². The molecule has 0 aliphatic rings. The van der Waals surface area contributed by atoms with Crippen molar-refractivity contribution in [3.8, 4) is 0 Å². The number of H-pyrrole nitrogens is 2. The van der Waals surface area contributed by atoms with Gasteiger partial charge in [-0.2, -0.15) is 4.57 Å². The Morgan fingerprint density at radius 3 is 1.95 bits per heavy atom. The second-order valence-electron chi connectivity index (χ2n) is 3.70. The SMILES string of the molecule is COC(C[SiH3])C(OC)(OC)n1c(=O)[nH]c(=O)[nH]c1=O. The van der Waals surface area contributed by atoms with Gasteiger partial charge in [-0.25, -0.2) is 14.4 Å². The zero-order valence-electron chi connectivity index (χ0n) is 11.2. The van der Waals surface area contributed by atoms with Crippen LogP contribution in [0.25, 0.3) is 0 Å². The van der Waals surface area contributed by atoms with E-state index in [0.717, 1.165) is 10.2 Å². The average molecular weight is 291 g/mol. The molecule has 0 bridgehead atoms. The number of ether oxygens (including phenoxy) is 3. The Morgan fingerprint density at radius 1 is 1.16 bits per heavy atom. The third kappa shape index (κ3) is 2.61. The maximum Gasteiger partial charge on any atom is 0.338 e. The quantitative estimate of drug-likeness (QED) is 0.424. The van der Waals surface area contributed by atoms with Crippen molar-refractivity contribution in [2.24, 2.45) is 0 Å². The third-order valence-corrected chi connectivity index (χ3v) is 3.55. The lowest BCUT2D eigenvalue weighted by Crippen LogP contribution is -2.60. The van der Waals surface area contributed by atoms with E-state index in [-0.39, 0.29) is 0 Å². The number of methoxy groups -OCH3 is 3. The summed E-state index contributed by atoms with van der Waals surface area (Å²) in [5.74, 6) is -1.73. The van der Waals surface area contributed by atoms with E-state index in [0.29, 0.717) is 10.6 Å². The molecule has 108 valence electrons. The van der Waals surface area contributed by atoms with Crippen molar-refractivity contribution in [2.45, 2.75) is 18.1 Å². The fourth-order valence-corrected chi connectivity index (χ4v) is 2.81. The molecule has 1 rings (SSSR count). The summed E-state index contributed by atoms with van der Waals surface area (Å²) in [7, 11) is 4.71. The van der Waals surface area contributed by atoms with Gasteiger partial charge in [-0.3, -0.25) is 9.97 Å². The second kappa shape index (κ2) is 6.10. The maximum absolute atomic E-state index is 11.8. The molecule has 0 spiro atoms. The van der Waals surface area contributed by atoms with Crippen molar-refractivity contribution in [1.82, 2.24) is 14.5 Å². The van der Waals surface area contributed by atoms with Gasteiger partial charge in [0.05, 0.1) is 0 Å². The zero-order valence-corrected chi connectivity index (χ0v) is 13.2. The average Bonchev–Trinajstić information content (AvgIpc) is 2.36. The Bertz CT molecular complexity index is 548. The van der Waals surface area contributed by atoms with E-state index in [9.17, 15) is 14.4 Å². The molecule has 1 aromatic rings. The number of nitrogens with zero attached hydrogens (tertiary/aromatic N) is 1. The molecule has 0 radical (unpaired) electrons. The summed E-state index contributed by atoms with van der Waals surface area (Å²) >= 11 is 0. The monoisotopic (exact) mass is 291 g/mol. The Hall–Kier alpha value is -1.49. The Balaban J connectivity index is 3.65. The minimum atomic E-state index is -1.73. The normalized spacial score (nSPS) is 13.6. The van der Waals surface area contributed by atoms with Crippen molar-refractivity contribution in [3.63, 3.8) is 0 Å². The molecule has 0 fully saturated rings. The van der Waals surface area contributed by atoms with Gasteiger partial charge in [0.15, 0.2) is 0 Å². The topological polar surface area (TPSA) is 115 Å². The number of hydrogen-bond acceptors (Lipinski definition) is 6. The van der Waals surface area contributed by atoms with Gasteiger partial charge in [0.2, 0.25) is 0 Å².